The molecule has 21 heavy (non-hydrogen) atoms. The van der Waals surface area contributed by atoms with Gasteiger partial charge in [-0.3, -0.25) is 0 Å². The minimum Gasteiger partial charge on any atom is -0.360 e. The molecule has 0 amide bonds. The molecule has 0 saturated carbocycles. The van der Waals surface area contributed by atoms with Crippen LogP contribution < -0.4 is 10.2 Å². The van der Waals surface area contributed by atoms with Gasteiger partial charge in [-0.25, -0.2) is 4.98 Å². The molecular weight excluding hydrogens is 303 g/mol. The van der Waals surface area contributed by atoms with Gasteiger partial charge in [0.2, 0.25) is 0 Å². The zero-order chi connectivity index (χ0) is 15.0. The third-order valence-corrected chi connectivity index (χ3v) is 3.82. The molecule has 1 aromatic carbocycles. The third kappa shape index (κ3) is 2.91. The molecule has 0 aliphatic carbocycles. The molecule has 1 aliphatic rings. The number of hydrogen-bond donors (Lipinski definition) is 1. The Kier molecular flexibility index (Phi) is 3.67. The van der Waals surface area contributed by atoms with Gasteiger partial charge < -0.3 is 10.2 Å². The van der Waals surface area contributed by atoms with Crippen LogP contribution in [0.4, 0.5) is 18.9 Å². The number of pyridine rings is 1. The lowest BCUT2D eigenvalue weighted by Gasteiger charge is -2.29. The molecule has 0 bridgehead atoms. The maximum absolute atomic E-state index is 13.0. The molecule has 0 atom stereocenters. The molecule has 0 unspecified atom stereocenters. The first-order valence-electron chi connectivity index (χ1n) is 6.69. The molecule has 1 saturated heterocycles. The van der Waals surface area contributed by atoms with Crippen LogP contribution in [0.1, 0.15) is 5.69 Å². The van der Waals surface area contributed by atoms with Crippen molar-refractivity contribution in [2.45, 2.75) is 6.18 Å². The number of hydrogen-bond acceptors (Lipinski definition) is 2. The fourth-order valence-electron chi connectivity index (χ4n) is 2.58. The van der Waals surface area contributed by atoms with Gasteiger partial charge in [-0.05, 0) is 24.3 Å². The van der Waals surface area contributed by atoms with E-state index in [1.165, 1.54) is 6.07 Å². The minimum absolute atomic E-state index is 0.318. The zero-order valence-electron chi connectivity index (χ0n) is 11.1. The van der Waals surface area contributed by atoms with Crippen LogP contribution in [0.5, 0.6) is 0 Å². The van der Waals surface area contributed by atoms with Crippen molar-refractivity contribution >= 4 is 28.2 Å². The van der Waals surface area contributed by atoms with Crippen LogP contribution >= 0.6 is 11.6 Å². The molecule has 1 aliphatic heterocycles. The number of nitrogens with zero attached hydrogens (tertiary/aromatic N) is 2. The molecule has 1 fully saturated rings. The van der Waals surface area contributed by atoms with Gasteiger partial charge in [0.05, 0.1) is 31.7 Å². The molecule has 2 N–H and O–H groups in total. The van der Waals surface area contributed by atoms with E-state index < -0.39 is 11.9 Å². The first kappa shape index (κ1) is 14.4. The quantitative estimate of drug-likeness (QED) is 0.875. The van der Waals surface area contributed by atoms with Gasteiger partial charge in [-0.15, -0.1) is 0 Å². The number of fused-ring (bicyclic) bond motifs is 1. The van der Waals surface area contributed by atoms with Crippen LogP contribution in [0.2, 0.25) is 5.02 Å². The highest BCUT2D eigenvalue weighted by Gasteiger charge is 2.34. The highest BCUT2D eigenvalue weighted by Crippen LogP contribution is 2.35. The number of alkyl halides is 3. The first-order valence-corrected chi connectivity index (χ1v) is 7.07. The molecule has 112 valence electrons. The molecule has 3 rings (SSSR count). The van der Waals surface area contributed by atoms with E-state index in [-0.39, 0.29) is 0 Å². The van der Waals surface area contributed by atoms with Crippen molar-refractivity contribution in [1.82, 2.24) is 4.98 Å². The van der Waals surface area contributed by atoms with E-state index in [2.05, 4.69) is 10.3 Å². The summed E-state index contributed by atoms with van der Waals surface area (Å²) in [5, 5.41) is 3.31. The summed E-state index contributed by atoms with van der Waals surface area (Å²) in [6, 6.07) is 5.90. The summed E-state index contributed by atoms with van der Waals surface area (Å²) in [5.74, 6) is 0. The Morgan fingerprint density at radius 3 is 2.52 bits per heavy atom. The van der Waals surface area contributed by atoms with E-state index in [1.54, 1.807) is 12.1 Å². The molecule has 3 nitrogen and oxygen atoms in total. The van der Waals surface area contributed by atoms with Gasteiger partial charge in [-0.1, -0.05) is 11.6 Å². The fraction of sp³-hybridized carbons (Fsp3) is 0.357. The van der Waals surface area contributed by atoms with Gasteiger partial charge in [0.15, 0.2) is 0 Å². The lowest BCUT2D eigenvalue weighted by Crippen LogP contribution is -2.89. The maximum atomic E-state index is 13.0. The van der Waals surface area contributed by atoms with Crippen molar-refractivity contribution in [3.63, 3.8) is 0 Å². The van der Waals surface area contributed by atoms with E-state index >= 15 is 0 Å². The Labute approximate surface area is 124 Å². The topological polar surface area (TPSA) is 32.7 Å². The number of rotatable bonds is 1. The Morgan fingerprint density at radius 2 is 1.86 bits per heavy atom. The van der Waals surface area contributed by atoms with Gasteiger partial charge in [0, 0.05) is 16.1 Å². The highest BCUT2D eigenvalue weighted by atomic mass is 35.5. The van der Waals surface area contributed by atoms with Crippen molar-refractivity contribution < 1.29 is 18.5 Å². The second-order valence-corrected chi connectivity index (χ2v) is 5.48. The second kappa shape index (κ2) is 5.35. The second-order valence-electron chi connectivity index (χ2n) is 5.04. The van der Waals surface area contributed by atoms with Crippen LogP contribution in [0.25, 0.3) is 10.9 Å². The average molecular weight is 317 g/mol. The average Bonchev–Trinajstić information content (AvgIpc) is 2.46. The normalized spacial score (nSPS) is 16.5. The Morgan fingerprint density at radius 1 is 1.14 bits per heavy atom. The first-order chi connectivity index (χ1) is 9.95. The summed E-state index contributed by atoms with van der Waals surface area (Å²) in [6.07, 6.45) is -4.45. The SMILES string of the molecule is FC(F)(F)c1cc(N2CC[NH2+]CC2)c2cc(Cl)ccc2n1. The van der Waals surface area contributed by atoms with Crippen molar-refractivity contribution in [3.8, 4) is 0 Å². The number of piperazine rings is 1. The van der Waals surface area contributed by atoms with Crippen molar-refractivity contribution in [2.24, 2.45) is 0 Å². The standard InChI is InChI=1S/C14H13ClF3N3/c15-9-1-2-11-10(7-9)12(21-5-3-19-4-6-21)8-13(20-11)14(16,17)18/h1-2,7-8,19H,3-6H2/p+1. The van der Waals surface area contributed by atoms with Gasteiger partial charge in [-0.2, -0.15) is 13.2 Å². The summed E-state index contributed by atoms with van der Waals surface area (Å²) in [5.41, 5.74) is 0.0172. The Bertz CT molecular complexity index is 666. The van der Waals surface area contributed by atoms with Crippen LogP contribution in [-0.4, -0.2) is 31.2 Å². The van der Waals surface area contributed by atoms with Crippen LogP contribution in [0.15, 0.2) is 24.3 Å². The van der Waals surface area contributed by atoms with Crippen molar-refractivity contribution in [2.75, 3.05) is 31.1 Å². The largest absolute Gasteiger partial charge is 0.433 e. The number of anilines is 1. The Balaban J connectivity index is 2.20. The van der Waals surface area contributed by atoms with E-state index in [0.717, 1.165) is 19.2 Å². The number of halogens is 4. The highest BCUT2D eigenvalue weighted by molar-refractivity contribution is 6.31. The lowest BCUT2D eigenvalue weighted by atomic mass is 10.1. The molecule has 1 aromatic heterocycles. The summed E-state index contributed by atoms with van der Waals surface area (Å²) >= 11 is 5.98. The predicted octanol–water partition coefficient (Wildman–Crippen LogP) is 2.29. The molecule has 2 aromatic rings. The van der Waals surface area contributed by atoms with Crippen LogP contribution in [0.3, 0.4) is 0 Å². The van der Waals surface area contributed by atoms with Gasteiger partial charge in [0.1, 0.15) is 5.69 Å². The summed E-state index contributed by atoms with van der Waals surface area (Å²) in [7, 11) is 0. The van der Waals surface area contributed by atoms with Crippen LogP contribution in [0, 0.1) is 0 Å². The summed E-state index contributed by atoms with van der Waals surface area (Å²) in [4.78, 5) is 5.69. The lowest BCUT2D eigenvalue weighted by molar-refractivity contribution is -0.655. The summed E-state index contributed by atoms with van der Waals surface area (Å²) < 4.78 is 39.1. The van der Waals surface area contributed by atoms with Crippen LogP contribution in [-0.2, 0) is 6.18 Å². The maximum Gasteiger partial charge on any atom is 0.433 e. The molecule has 0 spiro atoms. The van der Waals surface area contributed by atoms with Gasteiger partial charge in [0.25, 0.3) is 0 Å². The minimum atomic E-state index is -4.45. The smallest absolute Gasteiger partial charge is 0.360 e. The molecule has 7 heteroatoms. The number of benzene rings is 1. The predicted molar refractivity (Wildman–Crippen MR) is 75.6 cm³/mol. The number of aromatic nitrogens is 1. The zero-order valence-corrected chi connectivity index (χ0v) is 11.9. The molecular formula is C14H14ClF3N3+. The van der Waals surface area contributed by atoms with Crippen molar-refractivity contribution in [1.29, 1.82) is 0 Å². The fourth-order valence-corrected chi connectivity index (χ4v) is 2.75. The van der Waals surface area contributed by atoms with E-state index in [0.29, 0.717) is 34.7 Å². The van der Waals surface area contributed by atoms with Gasteiger partial charge >= 0.3 is 6.18 Å². The van der Waals surface area contributed by atoms with E-state index in [9.17, 15) is 13.2 Å². The molecule has 0 radical (unpaired) electrons. The summed E-state index contributed by atoms with van der Waals surface area (Å²) in [6.45, 7) is 3.16. The number of nitrogens with two attached hydrogens (primary N) is 1. The van der Waals surface area contributed by atoms with Crippen molar-refractivity contribution in [3.05, 3.63) is 35.0 Å². The molecule has 2 heterocycles. The van der Waals surface area contributed by atoms with E-state index in [1.807, 2.05) is 4.90 Å². The number of quaternary nitrogens is 1. The van der Waals surface area contributed by atoms with E-state index in [4.69, 9.17) is 11.6 Å². The monoisotopic (exact) mass is 316 g/mol. The Hall–Kier alpha value is -1.53. The third-order valence-electron chi connectivity index (χ3n) is 3.59.